The standard InChI is InChI=1S/C14H17N5O2S/c1-9-8-10(16-18(9)2)13(20)17-19(14(15)22)11-6-4-5-7-12(11)21-3/h4-8H,1-3H3,(H2,15,22)(H,17,20). The van der Waals surface area contributed by atoms with E-state index in [0.29, 0.717) is 11.4 Å². The second-order valence-corrected chi connectivity index (χ2v) is 5.00. The summed E-state index contributed by atoms with van der Waals surface area (Å²) in [4.78, 5) is 12.3. The minimum absolute atomic E-state index is 0.00879. The van der Waals surface area contributed by atoms with E-state index in [0.717, 1.165) is 5.69 Å². The normalized spacial score (nSPS) is 10.1. The largest absolute Gasteiger partial charge is 0.494 e. The van der Waals surface area contributed by atoms with Crippen molar-refractivity contribution in [1.29, 1.82) is 0 Å². The number of carbonyl (C=O) groups excluding carboxylic acids is 1. The van der Waals surface area contributed by atoms with Crippen molar-refractivity contribution in [1.82, 2.24) is 15.2 Å². The predicted molar refractivity (Wildman–Crippen MR) is 87.7 cm³/mol. The number of anilines is 1. The Bertz CT molecular complexity index is 694. The molecule has 1 amide bonds. The van der Waals surface area contributed by atoms with Crippen LogP contribution >= 0.6 is 12.2 Å². The fourth-order valence-corrected chi connectivity index (χ4v) is 2.02. The molecule has 0 saturated heterocycles. The van der Waals surface area contributed by atoms with E-state index < -0.39 is 5.91 Å². The number of amides is 1. The second kappa shape index (κ2) is 6.44. The molecule has 2 rings (SSSR count). The number of carbonyl (C=O) groups is 1. The van der Waals surface area contributed by atoms with Crippen LogP contribution in [0.2, 0.25) is 0 Å². The summed E-state index contributed by atoms with van der Waals surface area (Å²) in [6.07, 6.45) is 0. The lowest BCUT2D eigenvalue weighted by atomic mass is 10.3. The van der Waals surface area contributed by atoms with Gasteiger partial charge in [0.2, 0.25) is 0 Å². The smallest absolute Gasteiger partial charge is 0.290 e. The maximum Gasteiger partial charge on any atom is 0.290 e. The van der Waals surface area contributed by atoms with E-state index in [1.807, 2.05) is 13.0 Å². The van der Waals surface area contributed by atoms with Gasteiger partial charge in [0.1, 0.15) is 11.4 Å². The molecule has 22 heavy (non-hydrogen) atoms. The van der Waals surface area contributed by atoms with Crippen LogP contribution in [0, 0.1) is 6.92 Å². The van der Waals surface area contributed by atoms with Gasteiger partial charge in [-0.25, -0.2) is 5.01 Å². The van der Waals surface area contributed by atoms with Gasteiger partial charge in [0, 0.05) is 12.7 Å². The predicted octanol–water partition coefficient (Wildman–Crippen LogP) is 1.13. The Kier molecular flexibility index (Phi) is 4.62. The Morgan fingerprint density at radius 1 is 1.45 bits per heavy atom. The summed E-state index contributed by atoms with van der Waals surface area (Å²) in [6, 6.07) is 8.76. The molecular weight excluding hydrogens is 302 g/mol. The quantitative estimate of drug-likeness (QED) is 0.652. The Labute approximate surface area is 133 Å². The number of thiocarbonyl (C=S) groups is 1. The van der Waals surface area contributed by atoms with Crippen LogP contribution < -0.4 is 20.9 Å². The number of nitrogens with zero attached hydrogens (tertiary/aromatic N) is 3. The summed E-state index contributed by atoms with van der Waals surface area (Å²) in [5, 5.41) is 5.40. The van der Waals surface area contributed by atoms with Crippen molar-refractivity contribution < 1.29 is 9.53 Å². The fraction of sp³-hybridized carbons (Fsp3) is 0.214. The number of methoxy groups -OCH3 is 1. The van der Waals surface area contributed by atoms with E-state index in [2.05, 4.69) is 10.5 Å². The molecule has 0 unspecified atom stereocenters. The van der Waals surface area contributed by atoms with Gasteiger partial charge in [0.15, 0.2) is 10.8 Å². The molecule has 0 spiro atoms. The lowest BCUT2D eigenvalue weighted by Crippen LogP contribution is -2.49. The minimum Gasteiger partial charge on any atom is -0.494 e. The number of para-hydroxylation sites is 2. The van der Waals surface area contributed by atoms with Gasteiger partial charge in [-0.05, 0) is 37.3 Å². The molecule has 3 N–H and O–H groups in total. The molecule has 8 heteroatoms. The van der Waals surface area contributed by atoms with E-state index in [9.17, 15) is 4.79 Å². The zero-order valence-corrected chi connectivity index (χ0v) is 13.3. The first-order chi connectivity index (χ1) is 10.4. The molecule has 0 saturated carbocycles. The van der Waals surface area contributed by atoms with Gasteiger partial charge in [0.25, 0.3) is 5.91 Å². The van der Waals surface area contributed by atoms with E-state index in [1.165, 1.54) is 12.1 Å². The highest BCUT2D eigenvalue weighted by Gasteiger charge is 2.19. The first kappa shape index (κ1) is 15.8. The summed E-state index contributed by atoms with van der Waals surface area (Å²) >= 11 is 5.01. The molecule has 0 atom stereocenters. The number of ether oxygens (including phenoxy) is 1. The van der Waals surface area contributed by atoms with Gasteiger partial charge in [0.05, 0.1) is 7.11 Å². The number of hydrazine groups is 1. The molecule has 1 heterocycles. The first-order valence-electron chi connectivity index (χ1n) is 6.48. The van der Waals surface area contributed by atoms with Crippen molar-refractivity contribution in [2.75, 3.05) is 12.1 Å². The van der Waals surface area contributed by atoms with E-state index in [-0.39, 0.29) is 10.8 Å². The molecule has 0 aliphatic rings. The highest BCUT2D eigenvalue weighted by molar-refractivity contribution is 7.80. The maximum absolute atomic E-state index is 12.3. The number of nitrogens with one attached hydrogen (secondary N) is 1. The van der Waals surface area contributed by atoms with Crippen LogP contribution in [0.5, 0.6) is 5.75 Å². The van der Waals surface area contributed by atoms with Crippen LogP contribution in [0.1, 0.15) is 16.2 Å². The van der Waals surface area contributed by atoms with Crippen molar-refractivity contribution in [2.45, 2.75) is 6.92 Å². The first-order valence-corrected chi connectivity index (χ1v) is 6.89. The third kappa shape index (κ3) is 3.17. The van der Waals surface area contributed by atoms with Gasteiger partial charge < -0.3 is 10.5 Å². The molecule has 0 aliphatic heterocycles. The summed E-state index contributed by atoms with van der Waals surface area (Å²) in [7, 11) is 3.29. The van der Waals surface area contributed by atoms with Gasteiger partial charge >= 0.3 is 0 Å². The summed E-state index contributed by atoms with van der Waals surface area (Å²) in [5.74, 6) is 0.121. The van der Waals surface area contributed by atoms with Crippen LogP contribution in [0.4, 0.5) is 5.69 Å². The number of benzene rings is 1. The number of rotatable bonds is 3. The molecule has 7 nitrogen and oxygen atoms in total. The summed E-state index contributed by atoms with van der Waals surface area (Å²) < 4.78 is 6.87. The van der Waals surface area contributed by atoms with Gasteiger partial charge in [-0.3, -0.25) is 14.9 Å². The fourth-order valence-electron chi connectivity index (χ4n) is 1.88. The third-order valence-corrected chi connectivity index (χ3v) is 3.29. The zero-order chi connectivity index (χ0) is 16.3. The van der Waals surface area contributed by atoms with Crippen molar-refractivity contribution >= 4 is 28.9 Å². The van der Waals surface area contributed by atoms with E-state index in [1.54, 1.807) is 36.0 Å². The monoisotopic (exact) mass is 319 g/mol. The van der Waals surface area contributed by atoms with E-state index >= 15 is 0 Å². The van der Waals surface area contributed by atoms with Crippen molar-refractivity contribution in [3.05, 3.63) is 41.7 Å². The van der Waals surface area contributed by atoms with Crippen LogP contribution in [-0.4, -0.2) is 27.9 Å². The van der Waals surface area contributed by atoms with Crippen molar-refractivity contribution in [3.63, 3.8) is 0 Å². The molecule has 0 aliphatic carbocycles. The van der Waals surface area contributed by atoms with Crippen LogP contribution in [0.15, 0.2) is 30.3 Å². The van der Waals surface area contributed by atoms with Gasteiger partial charge in [-0.2, -0.15) is 5.10 Å². The maximum atomic E-state index is 12.3. The molecule has 1 aromatic carbocycles. The van der Waals surface area contributed by atoms with Crippen molar-refractivity contribution in [2.24, 2.45) is 12.8 Å². The average molecular weight is 319 g/mol. The third-order valence-electron chi connectivity index (χ3n) is 3.11. The van der Waals surface area contributed by atoms with Gasteiger partial charge in [-0.15, -0.1) is 0 Å². The molecule has 2 aromatic rings. The Hall–Kier alpha value is -2.61. The number of aromatic nitrogens is 2. The Balaban J connectivity index is 2.29. The minimum atomic E-state index is -0.414. The van der Waals surface area contributed by atoms with Crippen molar-refractivity contribution in [3.8, 4) is 5.75 Å². The molecule has 0 radical (unpaired) electrons. The van der Waals surface area contributed by atoms with E-state index in [4.69, 9.17) is 22.7 Å². The Morgan fingerprint density at radius 3 is 2.68 bits per heavy atom. The zero-order valence-electron chi connectivity index (χ0n) is 12.5. The number of hydrogen-bond donors (Lipinski definition) is 2. The summed E-state index contributed by atoms with van der Waals surface area (Å²) in [6.45, 7) is 1.86. The lowest BCUT2D eigenvalue weighted by Gasteiger charge is -2.24. The number of aryl methyl sites for hydroxylation is 2. The molecule has 0 bridgehead atoms. The highest BCUT2D eigenvalue weighted by atomic mass is 32.1. The van der Waals surface area contributed by atoms with Gasteiger partial charge in [-0.1, -0.05) is 12.1 Å². The summed E-state index contributed by atoms with van der Waals surface area (Å²) in [5.41, 5.74) is 10.0. The highest BCUT2D eigenvalue weighted by Crippen LogP contribution is 2.26. The molecule has 1 aromatic heterocycles. The topological polar surface area (TPSA) is 85.4 Å². The second-order valence-electron chi connectivity index (χ2n) is 4.58. The average Bonchev–Trinajstić information content (AvgIpc) is 2.84. The Morgan fingerprint density at radius 2 is 2.14 bits per heavy atom. The lowest BCUT2D eigenvalue weighted by molar-refractivity contribution is 0.0949. The molecule has 116 valence electrons. The van der Waals surface area contributed by atoms with Crippen LogP contribution in [-0.2, 0) is 7.05 Å². The number of nitrogens with two attached hydrogens (primary N) is 1. The molecule has 0 fully saturated rings. The van der Waals surface area contributed by atoms with Crippen LogP contribution in [0.3, 0.4) is 0 Å². The van der Waals surface area contributed by atoms with Crippen LogP contribution in [0.25, 0.3) is 0 Å². The SMILES string of the molecule is COc1ccccc1N(NC(=O)c1cc(C)n(C)n1)C(N)=S. The molecular formula is C14H17N5O2S. The number of hydrogen-bond acceptors (Lipinski definition) is 4.